The Balaban J connectivity index is 1.32. The molecule has 2 fully saturated rings. The lowest BCUT2D eigenvalue weighted by Crippen LogP contribution is -2.54. The van der Waals surface area contributed by atoms with Crippen LogP contribution in [0.2, 0.25) is 0 Å². The van der Waals surface area contributed by atoms with Gasteiger partial charge >= 0.3 is 6.03 Å². The quantitative estimate of drug-likeness (QED) is 0.894. The lowest BCUT2D eigenvalue weighted by Gasteiger charge is -2.36. The van der Waals surface area contributed by atoms with Gasteiger partial charge in [0, 0.05) is 31.4 Å². The summed E-state index contributed by atoms with van der Waals surface area (Å²) in [5.74, 6) is 0.807. The number of nitrogens with one attached hydrogen (secondary N) is 1. The number of anilines is 1. The highest BCUT2D eigenvalue weighted by molar-refractivity contribution is 5.75. The maximum atomic E-state index is 12.7. The first-order chi connectivity index (χ1) is 12.2. The third-order valence-electron chi connectivity index (χ3n) is 5.79. The zero-order valence-corrected chi connectivity index (χ0v) is 15.1. The van der Waals surface area contributed by atoms with Crippen LogP contribution < -0.4 is 10.2 Å². The predicted molar refractivity (Wildman–Crippen MR) is 99.0 cm³/mol. The third kappa shape index (κ3) is 3.76. The molecule has 3 aliphatic rings. The van der Waals surface area contributed by atoms with Crippen molar-refractivity contribution in [1.82, 2.24) is 10.2 Å². The van der Waals surface area contributed by atoms with Gasteiger partial charge in [0.2, 0.25) is 0 Å². The van der Waals surface area contributed by atoms with Crippen LogP contribution in [0.15, 0.2) is 24.3 Å². The molecule has 2 unspecified atom stereocenters. The highest BCUT2D eigenvalue weighted by Gasteiger charge is 2.33. The zero-order chi connectivity index (χ0) is 17.2. The van der Waals surface area contributed by atoms with Crippen LogP contribution in [0.5, 0.6) is 0 Å². The number of fused-ring (bicyclic) bond motifs is 1. The molecular weight excluding hydrogens is 314 g/mol. The van der Waals surface area contributed by atoms with Crippen molar-refractivity contribution in [3.8, 4) is 0 Å². The number of benzene rings is 1. The Hall–Kier alpha value is -1.75. The topological polar surface area (TPSA) is 44.8 Å². The van der Waals surface area contributed by atoms with Crippen molar-refractivity contribution < 1.29 is 9.53 Å². The van der Waals surface area contributed by atoms with Crippen LogP contribution in [0.4, 0.5) is 10.5 Å². The predicted octanol–water partition coefficient (Wildman–Crippen LogP) is 2.65. The molecule has 2 heterocycles. The second-order valence-corrected chi connectivity index (χ2v) is 7.71. The van der Waals surface area contributed by atoms with Crippen LogP contribution in [0.3, 0.4) is 0 Å². The standard InChI is InChI=1S/C20H29N3O2/c1-15(22-9-8-17-4-2-3-5-19(17)22)13-21-20(24)23-10-11-25-14-18(23)12-16-6-7-16/h2-5,15-16,18H,6-14H2,1H3,(H,21,24). The maximum Gasteiger partial charge on any atom is 0.317 e. The Bertz CT molecular complexity index is 617. The molecule has 1 saturated heterocycles. The van der Waals surface area contributed by atoms with Gasteiger partial charge in [0.1, 0.15) is 0 Å². The van der Waals surface area contributed by atoms with Crippen LogP contribution in [-0.2, 0) is 11.2 Å². The van der Waals surface area contributed by atoms with Gasteiger partial charge in [-0.05, 0) is 37.3 Å². The van der Waals surface area contributed by atoms with Crippen LogP contribution in [0, 0.1) is 5.92 Å². The van der Waals surface area contributed by atoms with Crippen molar-refractivity contribution >= 4 is 11.7 Å². The molecule has 4 rings (SSSR count). The minimum Gasteiger partial charge on any atom is -0.377 e. The van der Waals surface area contributed by atoms with Gasteiger partial charge in [-0.1, -0.05) is 31.0 Å². The number of amides is 2. The summed E-state index contributed by atoms with van der Waals surface area (Å²) in [4.78, 5) is 17.1. The highest BCUT2D eigenvalue weighted by Crippen LogP contribution is 2.35. The van der Waals surface area contributed by atoms with Gasteiger partial charge in [-0.2, -0.15) is 0 Å². The minimum absolute atomic E-state index is 0.0771. The van der Waals surface area contributed by atoms with Gasteiger partial charge < -0.3 is 19.9 Å². The summed E-state index contributed by atoms with van der Waals surface area (Å²) >= 11 is 0. The largest absolute Gasteiger partial charge is 0.377 e. The minimum atomic E-state index is 0.0771. The van der Waals surface area contributed by atoms with E-state index in [1.165, 1.54) is 24.1 Å². The molecule has 1 aliphatic carbocycles. The lowest BCUT2D eigenvalue weighted by molar-refractivity contribution is 0.00774. The SMILES string of the molecule is CC(CNC(=O)N1CCOCC1CC1CC1)N1CCc2ccccc21. The second kappa shape index (κ2) is 7.24. The number of morpholine rings is 1. The van der Waals surface area contributed by atoms with E-state index in [1.807, 2.05) is 4.90 Å². The average molecular weight is 343 g/mol. The van der Waals surface area contributed by atoms with Gasteiger partial charge in [-0.15, -0.1) is 0 Å². The van der Waals surface area contributed by atoms with E-state index >= 15 is 0 Å². The van der Waals surface area contributed by atoms with E-state index in [0.717, 1.165) is 25.3 Å². The first kappa shape index (κ1) is 16.7. The molecule has 2 aliphatic heterocycles. The van der Waals surface area contributed by atoms with Crippen molar-refractivity contribution in [2.45, 2.75) is 44.7 Å². The number of carbonyl (C=O) groups excluding carboxylic acids is 1. The average Bonchev–Trinajstić information content (AvgIpc) is 3.35. The Kier molecular flexibility index (Phi) is 4.84. The monoisotopic (exact) mass is 343 g/mol. The molecule has 1 aromatic carbocycles. The van der Waals surface area contributed by atoms with E-state index in [1.54, 1.807) is 0 Å². The summed E-state index contributed by atoms with van der Waals surface area (Å²) in [6, 6.07) is 9.23. The third-order valence-corrected chi connectivity index (χ3v) is 5.79. The lowest BCUT2D eigenvalue weighted by atomic mass is 10.1. The van der Waals surface area contributed by atoms with E-state index in [4.69, 9.17) is 4.74 Å². The van der Waals surface area contributed by atoms with E-state index in [0.29, 0.717) is 32.3 Å². The molecule has 0 aromatic heterocycles. The molecule has 2 amide bonds. The zero-order valence-electron chi connectivity index (χ0n) is 15.1. The molecule has 5 heteroatoms. The first-order valence-electron chi connectivity index (χ1n) is 9.69. The first-order valence-corrected chi connectivity index (χ1v) is 9.69. The van der Waals surface area contributed by atoms with Gasteiger partial charge in [0.25, 0.3) is 0 Å². The molecule has 1 saturated carbocycles. The van der Waals surface area contributed by atoms with Crippen LogP contribution >= 0.6 is 0 Å². The van der Waals surface area contributed by atoms with Crippen molar-refractivity contribution in [1.29, 1.82) is 0 Å². The van der Waals surface area contributed by atoms with Gasteiger partial charge in [0.15, 0.2) is 0 Å². The molecular formula is C20H29N3O2. The van der Waals surface area contributed by atoms with E-state index in [-0.39, 0.29) is 12.1 Å². The summed E-state index contributed by atoms with van der Waals surface area (Å²) in [6.07, 6.45) is 4.83. The fourth-order valence-electron chi connectivity index (χ4n) is 4.12. The summed E-state index contributed by atoms with van der Waals surface area (Å²) in [5.41, 5.74) is 2.74. The van der Waals surface area contributed by atoms with Crippen LogP contribution in [-0.4, -0.2) is 55.9 Å². The number of carbonyl (C=O) groups is 1. The van der Waals surface area contributed by atoms with Crippen LogP contribution in [0.25, 0.3) is 0 Å². The fraction of sp³-hybridized carbons (Fsp3) is 0.650. The summed E-state index contributed by atoms with van der Waals surface area (Å²) in [7, 11) is 0. The van der Waals surface area contributed by atoms with Gasteiger partial charge in [-0.25, -0.2) is 4.79 Å². The molecule has 1 aromatic rings. The number of rotatable bonds is 5. The number of hydrogen-bond acceptors (Lipinski definition) is 3. The number of urea groups is 1. The molecule has 0 spiro atoms. The Morgan fingerprint density at radius 1 is 1.32 bits per heavy atom. The Labute approximate surface area is 150 Å². The number of hydrogen-bond donors (Lipinski definition) is 1. The fourth-order valence-corrected chi connectivity index (χ4v) is 4.12. The molecule has 1 N–H and O–H groups in total. The normalized spacial score (nSPS) is 24.1. The summed E-state index contributed by atoms with van der Waals surface area (Å²) in [6.45, 7) is 5.98. The number of para-hydroxylation sites is 1. The van der Waals surface area contributed by atoms with E-state index in [9.17, 15) is 4.79 Å². The number of nitrogens with zero attached hydrogens (tertiary/aromatic N) is 2. The van der Waals surface area contributed by atoms with E-state index < -0.39 is 0 Å². The summed E-state index contributed by atoms with van der Waals surface area (Å²) < 4.78 is 5.61. The molecule has 2 atom stereocenters. The Morgan fingerprint density at radius 3 is 3.00 bits per heavy atom. The molecule has 0 radical (unpaired) electrons. The maximum absolute atomic E-state index is 12.7. The molecule has 25 heavy (non-hydrogen) atoms. The Morgan fingerprint density at radius 2 is 2.16 bits per heavy atom. The molecule has 5 nitrogen and oxygen atoms in total. The van der Waals surface area contributed by atoms with Crippen molar-refractivity contribution in [3.63, 3.8) is 0 Å². The molecule has 136 valence electrons. The highest BCUT2D eigenvalue weighted by atomic mass is 16.5. The van der Waals surface area contributed by atoms with Crippen LogP contribution in [0.1, 0.15) is 31.7 Å². The van der Waals surface area contributed by atoms with Gasteiger partial charge in [-0.3, -0.25) is 0 Å². The smallest absolute Gasteiger partial charge is 0.317 e. The summed E-state index contributed by atoms with van der Waals surface area (Å²) in [5, 5.41) is 3.17. The van der Waals surface area contributed by atoms with Crippen molar-refractivity contribution in [2.75, 3.05) is 37.7 Å². The van der Waals surface area contributed by atoms with E-state index in [2.05, 4.69) is 41.4 Å². The molecule has 0 bridgehead atoms. The second-order valence-electron chi connectivity index (χ2n) is 7.71. The van der Waals surface area contributed by atoms with Crippen molar-refractivity contribution in [3.05, 3.63) is 29.8 Å². The van der Waals surface area contributed by atoms with Gasteiger partial charge in [0.05, 0.1) is 19.3 Å². The van der Waals surface area contributed by atoms with Crippen molar-refractivity contribution in [2.24, 2.45) is 5.92 Å². The number of ether oxygens (including phenoxy) is 1.